The first-order chi connectivity index (χ1) is 9.58. The van der Waals surface area contributed by atoms with Crippen LogP contribution < -0.4 is 5.32 Å². The van der Waals surface area contributed by atoms with E-state index < -0.39 is 5.97 Å². The topological polar surface area (TPSA) is 69.6 Å². The Labute approximate surface area is 126 Å². The first kappa shape index (κ1) is 14.8. The van der Waals surface area contributed by atoms with E-state index in [0.717, 1.165) is 16.5 Å². The predicted molar refractivity (Wildman–Crippen MR) is 78.5 cm³/mol. The Balaban J connectivity index is 1.86. The molecule has 1 aromatic carbocycles. The van der Waals surface area contributed by atoms with Crippen molar-refractivity contribution in [1.82, 2.24) is 10.2 Å². The minimum atomic E-state index is -0.837. The molecule has 0 atom stereocenters. The van der Waals surface area contributed by atoms with E-state index in [0.29, 0.717) is 26.1 Å². The van der Waals surface area contributed by atoms with Crippen LogP contribution in [0.1, 0.15) is 24.0 Å². The van der Waals surface area contributed by atoms with Crippen LogP contribution in [0.2, 0.25) is 0 Å². The molecule has 6 heteroatoms. The number of halogens is 1. The van der Waals surface area contributed by atoms with Gasteiger partial charge in [0.2, 0.25) is 0 Å². The number of carboxylic acids is 1. The van der Waals surface area contributed by atoms with Gasteiger partial charge in [0.15, 0.2) is 0 Å². The van der Waals surface area contributed by atoms with Gasteiger partial charge < -0.3 is 15.3 Å². The van der Waals surface area contributed by atoms with Crippen LogP contribution in [0.3, 0.4) is 0 Å². The number of benzene rings is 1. The minimum absolute atomic E-state index is 0.0794. The molecule has 2 N–H and O–H groups in total. The molecule has 5 nitrogen and oxygen atoms in total. The summed E-state index contributed by atoms with van der Waals surface area (Å²) in [6.45, 7) is 1.67. The van der Waals surface area contributed by atoms with E-state index in [1.165, 1.54) is 5.56 Å². The van der Waals surface area contributed by atoms with Gasteiger partial charge in [-0.05, 0) is 30.0 Å². The number of urea groups is 1. The average molecular weight is 341 g/mol. The zero-order valence-electron chi connectivity index (χ0n) is 11.1. The fourth-order valence-corrected chi connectivity index (χ4v) is 2.89. The summed E-state index contributed by atoms with van der Waals surface area (Å²) in [6, 6.07) is 5.89. The summed E-state index contributed by atoms with van der Waals surface area (Å²) in [4.78, 5) is 24.1. The number of carboxylic acid groups (broad SMARTS) is 1. The van der Waals surface area contributed by atoms with Crippen molar-refractivity contribution in [3.8, 4) is 0 Å². The molecular weight excluding hydrogens is 324 g/mol. The molecule has 20 heavy (non-hydrogen) atoms. The van der Waals surface area contributed by atoms with Crippen molar-refractivity contribution in [3.63, 3.8) is 0 Å². The molecule has 2 amide bonds. The van der Waals surface area contributed by atoms with Crippen LogP contribution in [-0.2, 0) is 17.8 Å². The van der Waals surface area contributed by atoms with Crippen molar-refractivity contribution in [3.05, 3.63) is 33.8 Å². The summed E-state index contributed by atoms with van der Waals surface area (Å²) in [5, 5.41) is 11.3. The van der Waals surface area contributed by atoms with Gasteiger partial charge in [-0.1, -0.05) is 28.1 Å². The van der Waals surface area contributed by atoms with Gasteiger partial charge in [0.25, 0.3) is 0 Å². The lowest BCUT2D eigenvalue weighted by molar-refractivity contribution is -0.137. The Kier molecular flexibility index (Phi) is 5.00. The highest BCUT2D eigenvalue weighted by atomic mass is 79.9. The Hall–Kier alpha value is -1.56. The smallest absolute Gasteiger partial charge is 0.317 e. The summed E-state index contributed by atoms with van der Waals surface area (Å²) in [6.07, 6.45) is 1.37. The standard InChI is InChI=1S/C14H17BrN2O3/c15-12-4-1-3-10-9-17(8-6-11(10)12)14(20)16-7-2-5-13(18)19/h1,3-4H,2,5-9H2,(H,16,20)(H,18,19). The molecule has 0 saturated heterocycles. The van der Waals surface area contributed by atoms with Gasteiger partial charge >= 0.3 is 12.0 Å². The molecule has 1 aliphatic rings. The molecule has 0 aliphatic carbocycles. The monoisotopic (exact) mass is 340 g/mol. The van der Waals surface area contributed by atoms with Gasteiger partial charge in [-0.15, -0.1) is 0 Å². The molecular formula is C14H17BrN2O3. The van der Waals surface area contributed by atoms with Gasteiger partial charge in [0.05, 0.1) is 0 Å². The number of nitrogens with one attached hydrogen (secondary N) is 1. The summed E-state index contributed by atoms with van der Waals surface area (Å²) in [5.74, 6) is -0.837. The van der Waals surface area contributed by atoms with Gasteiger partial charge in [-0.25, -0.2) is 4.79 Å². The normalized spacial score (nSPS) is 13.8. The number of aliphatic carboxylic acids is 1. The molecule has 0 radical (unpaired) electrons. The highest BCUT2D eigenvalue weighted by molar-refractivity contribution is 9.10. The van der Waals surface area contributed by atoms with Gasteiger partial charge in [-0.3, -0.25) is 4.79 Å². The third-order valence-corrected chi connectivity index (χ3v) is 4.08. The predicted octanol–water partition coefficient (Wildman–Crippen LogP) is 2.38. The first-order valence-electron chi connectivity index (χ1n) is 6.59. The zero-order valence-corrected chi connectivity index (χ0v) is 12.6. The van der Waals surface area contributed by atoms with Crippen LogP contribution in [-0.4, -0.2) is 35.1 Å². The molecule has 0 aromatic heterocycles. The van der Waals surface area contributed by atoms with Gasteiger partial charge in [0, 0.05) is 30.5 Å². The molecule has 0 saturated carbocycles. The molecule has 1 aromatic rings. The fraction of sp³-hybridized carbons (Fsp3) is 0.429. The Morgan fingerprint density at radius 1 is 1.40 bits per heavy atom. The molecule has 2 rings (SSSR count). The van der Waals surface area contributed by atoms with Crippen molar-refractivity contribution in [2.45, 2.75) is 25.8 Å². The van der Waals surface area contributed by atoms with E-state index >= 15 is 0 Å². The Bertz CT molecular complexity index is 519. The molecule has 0 fully saturated rings. The summed E-state index contributed by atoms with van der Waals surface area (Å²) >= 11 is 3.53. The van der Waals surface area contributed by atoms with Crippen LogP contribution in [0.5, 0.6) is 0 Å². The molecule has 1 heterocycles. The maximum absolute atomic E-state index is 12.0. The maximum Gasteiger partial charge on any atom is 0.317 e. The lowest BCUT2D eigenvalue weighted by atomic mass is 10.0. The second kappa shape index (κ2) is 6.74. The van der Waals surface area contributed by atoms with E-state index in [1.807, 2.05) is 18.2 Å². The van der Waals surface area contributed by atoms with E-state index in [1.54, 1.807) is 4.90 Å². The second-order valence-electron chi connectivity index (χ2n) is 4.78. The largest absolute Gasteiger partial charge is 0.481 e. The molecule has 108 valence electrons. The lowest BCUT2D eigenvalue weighted by Crippen LogP contribution is -2.43. The summed E-state index contributed by atoms with van der Waals surface area (Å²) in [5.41, 5.74) is 2.42. The van der Waals surface area contributed by atoms with Crippen molar-refractivity contribution >= 4 is 27.9 Å². The lowest BCUT2D eigenvalue weighted by Gasteiger charge is -2.29. The number of rotatable bonds is 4. The van der Waals surface area contributed by atoms with Crippen LogP contribution in [0.4, 0.5) is 4.79 Å². The van der Waals surface area contributed by atoms with Crippen molar-refractivity contribution in [2.24, 2.45) is 0 Å². The SMILES string of the molecule is O=C(O)CCCNC(=O)N1CCc2c(Br)cccc2C1. The number of carbonyl (C=O) groups excluding carboxylic acids is 1. The Morgan fingerprint density at radius 2 is 2.20 bits per heavy atom. The number of fused-ring (bicyclic) bond motifs is 1. The van der Waals surface area contributed by atoms with E-state index in [4.69, 9.17) is 5.11 Å². The number of hydrogen-bond acceptors (Lipinski definition) is 2. The minimum Gasteiger partial charge on any atom is -0.481 e. The van der Waals surface area contributed by atoms with Gasteiger partial charge in [0.1, 0.15) is 0 Å². The summed E-state index contributed by atoms with van der Waals surface area (Å²) in [7, 11) is 0. The first-order valence-corrected chi connectivity index (χ1v) is 7.38. The van der Waals surface area contributed by atoms with Crippen molar-refractivity contribution in [2.75, 3.05) is 13.1 Å². The van der Waals surface area contributed by atoms with Crippen LogP contribution in [0.15, 0.2) is 22.7 Å². The van der Waals surface area contributed by atoms with Crippen LogP contribution >= 0.6 is 15.9 Å². The van der Waals surface area contributed by atoms with Crippen LogP contribution in [0.25, 0.3) is 0 Å². The van der Waals surface area contributed by atoms with Crippen molar-refractivity contribution in [1.29, 1.82) is 0 Å². The van der Waals surface area contributed by atoms with E-state index in [-0.39, 0.29) is 12.5 Å². The highest BCUT2D eigenvalue weighted by Gasteiger charge is 2.21. The Morgan fingerprint density at radius 3 is 2.95 bits per heavy atom. The quantitative estimate of drug-likeness (QED) is 0.826. The van der Waals surface area contributed by atoms with Gasteiger partial charge in [-0.2, -0.15) is 0 Å². The molecule has 0 spiro atoms. The third-order valence-electron chi connectivity index (χ3n) is 3.34. The van der Waals surface area contributed by atoms with E-state index in [9.17, 15) is 9.59 Å². The van der Waals surface area contributed by atoms with Crippen molar-refractivity contribution < 1.29 is 14.7 Å². The second-order valence-corrected chi connectivity index (χ2v) is 5.63. The number of amides is 2. The molecule has 0 unspecified atom stereocenters. The fourth-order valence-electron chi connectivity index (χ4n) is 2.28. The molecule has 0 bridgehead atoms. The number of nitrogens with zero attached hydrogens (tertiary/aromatic N) is 1. The van der Waals surface area contributed by atoms with Crippen LogP contribution in [0, 0.1) is 0 Å². The zero-order chi connectivity index (χ0) is 14.5. The maximum atomic E-state index is 12.0. The average Bonchev–Trinajstić information content (AvgIpc) is 2.43. The third kappa shape index (κ3) is 3.72. The summed E-state index contributed by atoms with van der Waals surface area (Å²) < 4.78 is 1.09. The number of carbonyl (C=O) groups is 2. The molecule has 1 aliphatic heterocycles. The highest BCUT2D eigenvalue weighted by Crippen LogP contribution is 2.26. The number of hydrogen-bond donors (Lipinski definition) is 2. The van der Waals surface area contributed by atoms with E-state index in [2.05, 4.69) is 21.2 Å².